The zero-order valence-corrected chi connectivity index (χ0v) is 13.0. The molecule has 0 spiro atoms. The normalized spacial score (nSPS) is 11.5. The summed E-state index contributed by atoms with van der Waals surface area (Å²) in [4.78, 5) is 36.3. The molecular formula is C15H20N2O5. The van der Waals surface area contributed by atoms with E-state index < -0.39 is 5.97 Å². The molecule has 0 saturated carbocycles. The summed E-state index contributed by atoms with van der Waals surface area (Å²) in [5.74, 6) is -1.41. The second-order valence-corrected chi connectivity index (χ2v) is 4.90. The van der Waals surface area contributed by atoms with Gasteiger partial charge in [-0.3, -0.25) is 9.59 Å². The number of carboxylic acids is 1. The molecular weight excluding hydrogens is 288 g/mol. The molecule has 2 amide bonds. The Balaban J connectivity index is 3.03. The Bertz CT molecular complexity index is 585. The van der Waals surface area contributed by atoms with Crippen molar-refractivity contribution in [1.29, 1.82) is 0 Å². The van der Waals surface area contributed by atoms with Crippen molar-refractivity contribution in [3.05, 3.63) is 29.3 Å². The van der Waals surface area contributed by atoms with Crippen LogP contribution in [0.2, 0.25) is 0 Å². The quantitative estimate of drug-likeness (QED) is 0.817. The number of carbonyl (C=O) groups is 3. The molecule has 7 heteroatoms. The molecule has 7 nitrogen and oxygen atoms in total. The predicted octanol–water partition coefficient (Wildman–Crippen LogP) is 0.990. The molecule has 1 aromatic rings. The minimum absolute atomic E-state index is 0.0324. The Morgan fingerprint density at radius 1 is 1.27 bits per heavy atom. The monoisotopic (exact) mass is 308 g/mol. The first-order valence-electron chi connectivity index (χ1n) is 6.70. The number of ether oxygens (including phenoxy) is 1. The van der Waals surface area contributed by atoms with Crippen molar-refractivity contribution in [2.24, 2.45) is 0 Å². The minimum atomic E-state index is -1.14. The van der Waals surface area contributed by atoms with E-state index in [1.165, 1.54) is 37.3 Å². The highest BCUT2D eigenvalue weighted by Crippen LogP contribution is 2.19. The van der Waals surface area contributed by atoms with Gasteiger partial charge in [-0.25, -0.2) is 4.79 Å². The third-order valence-electron chi connectivity index (χ3n) is 3.38. The largest absolute Gasteiger partial charge is 0.497 e. The van der Waals surface area contributed by atoms with Crippen LogP contribution in [0.3, 0.4) is 0 Å². The fourth-order valence-electron chi connectivity index (χ4n) is 1.87. The van der Waals surface area contributed by atoms with Crippen LogP contribution < -0.4 is 10.1 Å². The van der Waals surface area contributed by atoms with Gasteiger partial charge in [0.1, 0.15) is 5.75 Å². The fourth-order valence-corrected chi connectivity index (χ4v) is 1.87. The number of carbonyl (C=O) groups excluding carboxylic acids is 2. The highest BCUT2D eigenvalue weighted by Gasteiger charge is 2.21. The van der Waals surface area contributed by atoms with Crippen LogP contribution in [0, 0.1) is 0 Å². The summed E-state index contributed by atoms with van der Waals surface area (Å²) in [6.07, 6.45) is 0.161. The third kappa shape index (κ3) is 4.21. The van der Waals surface area contributed by atoms with Gasteiger partial charge in [0.15, 0.2) is 0 Å². The zero-order valence-electron chi connectivity index (χ0n) is 13.0. The van der Waals surface area contributed by atoms with Crippen LogP contribution in [0.4, 0.5) is 0 Å². The van der Waals surface area contributed by atoms with E-state index in [2.05, 4.69) is 5.32 Å². The summed E-state index contributed by atoms with van der Waals surface area (Å²) in [6, 6.07) is 3.77. The number of aromatic carboxylic acids is 1. The Morgan fingerprint density at radius 3 is 2.36 bits per heavy atom. The van der Waals surface area contributed by atoms with Crippen molar-refractivity contribution in [3.63, 3.8) is 0 Å². The summed E-state index contributed by atoms with van der Waals surface area (Å²) in [5.41, 5.74) is 0.165. The molecule has 1 aromatic carbocycles. The van der Waals surface area contributed by atoms with E-state index in [0.717, 1.165) is 0 Å². The lowest BCUT2D eigenvalue weighted by Crippen LogP contribution is -2.38. The molecule has 0 heterocycles. The molecule has 2 N–H and O–H groups in total. The highest BCUT2D eigenvalue weighted by molar-refractivity contribution is 5.98. The van der Waals surface area contributed by atoms with Gasteiger partial charge in [0.25, 0.3) is 5.91 Å². The van der Waals surface area contributed by atoms with Crippen LogP contribution in [0.15, 0.2) is 18.2 Å². The predicted molar refractivity (Wildman–Crippen MR) is 80.2 cm³/mol. The van der Waals surface area contributed by atoms with Crippen LogP contribution in [0.25, 0.3) is 0 Å². The lowest BCUT2D eigenvalue weighted by atomic mass is 10.1. The second-order valence-electron chi connectivity index (χ2n) is 4.90. The lowest BCUT2D eigenvalue weighted by molar-refractivity contribution is -0.121. The number of amides is 2. The van der Waals surface area contributed by atoms with Gasteiger partial charge in [-0.15, -0.1) is 0 Å². The van der Waals surface area contributed by atoms with Gasteiger partial charge in [-0.05, 0) is 25.1 Å². The molecule has 0 aliphatic heterocycles. The number of methoxy groups -OCH3 is 1. The average molecular weight is 308 g/mol. The minimum Gasteiger partial charge on any atom is -0.497 e. The van der Waals surface area contributed by atoms with Gasteiger partial charge in [0.05, 0.1) is 12.7 Å². The van der Waals surface area contributed by atoms with Gasteiger partial charge in [0.2, 0.25) is 5.91 Å². The molecule has 0 fully saturated rings. The number of benzene rings is 1. The molecule has 0 aliphatic carbocycles. The Kier molecular flexibility index (Phi) is 5.91. The Labute approximate surface area is 128 Å². The molecule has 120 valence electrons. The topological polar surface area (TPSA) is 95.9 Å². The highest BCUT2D eigenvalue weighted by atomic mass is 16.5. The first-order chi connectivity index (χ1) is 10.3. The number of nitrogens with one attached hydrogen (secondary N) is 1. The Morgan fingerprint density at radius 2 is 1.86 bits per heavy atom. The number of carboxylic acid groups (broad SMARTS) is 1. The summed E-state index contributed by atoms with van der Waals surface area (Å²) in [5, 5.41) is 11.6. The Hall–Kier alpha value is -2.57. The number of hydrogen-bond acceptors (Lipinski definition) is 4. The molecule has 0 aliphatic rings. The molecule has 1 atom stereocenters. The van der Waals surface area contributed by atoms with Gasteiger partial charge in [-0.2, -0.15) is 0 Å². The van der Waals surface area contributed by atoms with E-state index in [-0.39, 0.29) is 41.2 Å². The number of nitrogens with zero attached hydrogens (tertiary/aromatic N) is 1. The summed E-state index contributed by atoms with van der Waals surface area (Å²) in [7, 11) is 4.49. The van der Waals surface area contributed by atoms with Crippen LogP contribution in [0.1, 0.15) is 34.1 Å². The van der Waals surface area contributed by atoms with E-state index in [0.29, 0.717) is 0 Å². The molecule has 0 bridgehead atoms. The van der Waals surface area contributed by atoms with E-state index >= 15 is 0 Å². The van der Waals surface area contributed by atoms with Crippen molar-refractivity contribution in [1.82, 2.24) is 10.2 Å². The second kappa shape index (κ2) is 7.44. The number of rotatable bonds is 6. The lowest BCUT2D eigenvalue weighted by Gasteiger charge is -2.24. The van der Waals surface area contributed by atoms with E-state index in [1.54, 1.807) is 14.0 Å². The average Bonchev–Trinajstić information content (AvgIpc) is 2.52. The van der Waals surface area contributed by atoms with E-state index in [4.69, 9.17) is 9.84 Å². The first-order valence-corrected chi connectivity index (χ1v) is 6.70. The summed E-state index contributed by atoms with van der Waals surface area (Å²) < 4.78 is 5.02. The van der Waals surface area contributed by atoms with E-state index in [9.17, 15) is 14.4 Å². The van der Waals surface area contributed by atoms with Gasteiger partial charge < -0.3 is 20.1 Å². The zero-order chi connectivity index (χ0) is 16.9. The maximum absolute atomic E-state index is 12.4. The van der Waals surface area contributed by atoms with Crippen molar-refractivity contribution < 1.29 is 24.2 Å². The molecule has 0 saturated heterocycles. The molecule has 1 rings (SSSR count). The smallest absolute Gasteiger partial charge is 0.335 e. The van der Waals surface area contributed by atoms with Gasteiger partial charge >= 0.3 is 5.97 Å². The summed E-state index contributed by atoms with van der Waals surface area (Å²) >= 11 is 0. The third-order valence-corrected chi connectivity index (χ3v) is 3.38. The van der Waals surface area contributed by atoms with Crippen molar-refractivity contribution >= 4 is 17.8 Å². The van der Waals surface area contributed by atoms with Gasteiger partial charge in [0, 0.05) is 32.1 Å². The molecule has 0 radical (unpaired) electrons. The van der Waals surface area contributed by atoms with Crippen molar-refractivity contribution in [2.45, 2.75) is 19.4 Å². The van der Waals surface area contributed by atoms with Crippen LogP contribution in [-0.4, -0.2) is 55.0 Å². The molecule has 0 aromatic heterocycles. The molecule has 22 heavy (non-hydrogen) atoms. The van der Waals surface area contributed by atoms with Crippen molar-refractivity contribution in [3.8, 4) is 5.75 Å². The standard InChI is InChI=1S/C15H20N2O5/c1-9(5-13(18)16-2)17(3)14(19)10-6-11(15(20)21)8-12(7-10)22-4/h6-9H,5H2,1-4H3,(H,16,18)(H,20,21)/t9-/m0/s1. The van der Waals surface area contributed by atoms with Crippen molar-refractivity contribution in [2.75, 3.05) is 21.2 Å². The fraction of sp³-hybridized carbons (Fsp3) is 0.400. The maximum atomic E-state index is 12.4. The molecule has 0 unspecified atom stereocenters. The van der Waals surface area contributed by atoms with Crippen LogP contribution in [-0.2, 0) is 4.79 Å². The van der Waals surface area contributed by atoms with Crippen LogP contribution >= 0.6 is 0 Å². The number of hydrogen-bond donors (Lipinski definition) is 2. The van der Waals surface area contributed by atoms with Crippen LogP contribution in [0.5, 0.6) is 5.75 Å². The maximum Gasteiger partial charge on any atom is 0.335 e. The summed E-state index contributed by atoms with van der Waals surface area (Å²) in [6.45, 7) is 1.74. The van der Waals surface area contributed by atoms with E-state index in [1.807, 2.05) is 0 Å². The first kappa shape index (κ1) is 17.5. The van der Waals surface area contributed by atoms with Gasteiger partial charge in [-0.1, -0.05) is 0 Å². The SMILES string of the molecule is CNC(=O)C[C@H](C)N(C)C(=O)c1cc(OC)cc(C(=O)O)c1.